The van der Waals surface area contributed by atoms with Crippen molar-refractivity contribution in [2.45, 2.75) is 70.9 Å². The summed E-state index contributed by atoms with van der Waals surface area (Å²) in [4.78, 5) is 12.8. The zero-order chi connectivity index (χ0) is 21.3. The molecular formula is C18H29N7O3S. The Morgan fingerprint density at radius 1 is 1.38 bits per heavy atom. The summed E-state index contributed by atoms with van der Waals surface area (Å²) in [7, 11) is -3.52. The van der Waals surface area contributed by atoms with Crippen LogP contribution >= 0.6 is 0 Å². The van der Waals surface area contributed by atoms with Gasteiger partial charge in [0.25, 0.3) is 0 Å². The summed E-state index contributed by atoms with van der Waals surface area (Å²) in [5, 5.41) is 17.5. The minimum Gasteiger partial charge on any atom is -0.477 e. The summed E-state index contributed by atoms with van der Waals surface area (Å²) in [6.45, 7) is 11.9. The quantitative estimate of drug-likeness (QED) is 0.763. The third-order valence-corrected chi connectivity index (χ3v) is 6.04. The van der Waals surface area contributed by atoms with Crippen LogP contribution in [0.1, 0.15) is 64.3 Å². The SMILES string of the molecule is CCn1nc(C(C)C)c(NC(=O)N=[S@@](N)(=O)c2cnn3c2OCCC3)c1C(C)C. The van der Waals surface area contributed by atoms with Crippen molar-refractivity contribution in [2.75, 3.05) is 11.9 Å². The topological polar surface area (TPSA) is 129 Å². The lowest BCUT2D eigenvalue weighted by Crippen LogP contribution is -2.21. The molecule has 11 heteroatoms. The average Bonchev–Trinajstić information content (AvgIpc) is 3.22. The summed E-state index contributed by atoms with van der Waals surface area (Å²) in [6, 6.07) is -0.785. The van der Waals surface area contributed by atoms with Gasteiger partial charge in [-0.3, -0.25) is 4.68 Å². The minimum atomic E-state index is -3.52. The van der Waals surface area contributed by atoms with Crippen LogP contribution in [-0.4, -0.2) is 36.4 Å². The number of ether oxygens (including phenoxy) is 1. The molecule has 0 aliphatic carbocycles. The molecule has 0 unspecified atom stereocenters. The smallest absolute Gasteiger partial charge is 0.354 e. The van der Waals surface area contributed by atoms with Crippen molar-refractivity contribution in [3.63, 3.8) is 0 Å². The molecule has 1 aliphatic rings. The fraction of sp³-hybridized carbons (Fsp3) is 0.611. The van der Waals surface area contributed by atoms with Crippen LogP contribution in [-0.2, 0) is 23.0 Å². The van der Waals surface area contributed by atoms with Crippen molar-refractivity contribution < 1.29 is 13.7 Å². The first-order valence-electron chi connectivity index (χ1n) is 9.80. The van der Waals surface area contributed by atoms with Gasteiger partial charge in [-0.2, -0.15) is 10.2 Å². The number of aromatic nitrogens is 4. The number of anilines is 1. The Balaban J connectivity index is 1.97. The van der Waals surface area contributed by atoms with E-state index in [9.17, 15) is 9.00 Å². The molecule has 29 heavy (non-hydrogen) atoms. The number of amides is 2. The summed E-state index contributed by atoms with van der Waals surface area (Å²) in [6.07, 6.45) is 2.16. The fourth-order valence-corrected chi connectivity index (χ4v) is 4.40. The van der Waals surface area contributed by atoms with E-state index in [0.29, 0.717) is 31.3 Å². The Bertz CT molecular complexity index is 1030. The highest BCUT2D eigenvalue weighted by molar-refractivity contribution is 7.91. The van der Waals surface area contributed by atoms with Crippen LogP contribution in [0.5, 0.6) is 5.88 Å². The number of fused-ring (bicyclic) bond motifs is 1. The molecule has 160 valence electrons. The zero-order valence-electron chi connectivity index (χ0n) is 17.5. The van der Waals surface area contributed by atoms with Crippen molar-refractivity contribution in [2.24, 2.45) is 9.50 Å². The Kier molecular flexibility index (Phi) is 5.99. The van der Waals surface area contributed by atoms with Crippen LogP contribution < -0.4 is 15.2 Å². The number of hydrogen-bond acceptors (Lipinski definition) is 5. The predicted molar refractivity (Wildman–Crippen MR) is 110 cm³/mol. The maximum atomic E-state index is 13.0. The molecule has 0 aromatic carbocycles. The van der Waals surface area contributed by atoms with E-state index in [2.05, 4.69) is 19.9 Å². The van der Waals surface area contributed by atoms with Crippen LogP contribution in [0.4, 0.5) is 10.5 Å². The molecule has 1 atom stereocenters. The second-order valence-corrected chi connectivity index (χ2v) is 9.36. The number of carbonyl (C=O) groups excluding carboxylic acids is 1. The lowest BCUT2D eigenvalue weighted by atomic mass is 10.0. The zero-order valence-corrected chi connectivity index (χ0v) is 18.3. The highest BCUT2D eigenvalue weighted by atomic mass is 32.2. The van der Waals surface area contributed by atoms with Crippen LogP contribution in [0.25, 0.3) is 0 Å². The molecular weight excluding hydrogens is 394 g/mol. The van der Waals surface area contributed by atoms with E-state index >= 15 is 0 Å². The van der Waals surface area contributed by atoms with Crippen LogP contribution in [0.15, 0.2) is 15.5 Å². The lowest BCUT2D eigenvalue weighted by Gasteiger charge is -2.16. The van der Waals surface area contributed by atoms with Crippen LogP contribution in [0, 0.1) is 0 Å². The van der Waals surface area contributed by atoms with Gasteiger partial charge in [-0.25, -0.2) is 18.8 Å². The van der Waals surface area contributed by atoms with E-state index in [1.807, 2.05) is 39.3 Å². The molecule has 0 spiro atoms. The highest BCUT2D eigenvalue weighted by Gasteiger charge is 2.26. The Morgan fingerprint density at radius 3 is 2.72 bits per heavy atom. The number of rotatable bonds is 5. The van der Waals surface area contributed by atoms with E-state index in [-0.39, 0.29) is 16.7 Å². The Hall–Kier alpha value is -2.40. The minimum absolute atomic E-state index is 0.0916. The molecule has 2 aromatic rings. The largest absolute Gasteiger partial charge is 0.477 e. The average molecular weight is 424 g/mol. The molecule has 0 saturated heterocycles. The van der Waals surface area contributed by atoms with Gasteiger partial charge < -0.3 is 10.1 Å². The van der Waals surface area contributed by atoms with Crippen molar-refractivity contribution in [3.8, 4) is 5.88 Å². The van der Waals surface area contributed by atoms with Gasteiger partial charge in [0.15, 0.2) is 9.92 Å². The van der Waals surface area contributed by atoms with Crippen molar-refractivity contribution in [1.29, 1.82) is 0 Å². The maximum absolute atomic E-state index is 13.0. The first kappa shape index (κ1) is 21.3. The van der Waals surface area contributed by atoms with E-state index in [0.717, 1.165) is 17.8 Å². The standard InChI is InChI=1S/C18H29N7O3S/c1-6-24-16(12(4)5)15(14(22-24)11(2)3)21-18(26)23-29(19,27)13-10-20-25-8-7-9-28-17(13)25/h10-12H,6-9H2,1-5H3,(H3,19,21,23,26,27)/t29-/m1/s1. The molecule has 10 nitrogen and oxygen atoms in total. The van der Waals surface area contributed by atoms with Gasteiger partial charge in [0.05, 0.1) is 29.9 Å². The fourth-order valence-electron chi connectivity index (χ4n) is 3.40. The third kappa shape index (κ3) is 4.15. The lowest BCUT2D eigenvalue weighted by molar-refractivity contribution is 0.224. The second kappa shape index (κ2) is 8.15. The molecule has 0 bridgehead atoms. The number of nitrogens with one attached hydrogen (secondary N) is 1. The van der Waals surface area contributed by atoms with Gasteiger partial charge in [0.2, 0.25) is 5.88 Å². The summed E-state index contributed by atoms with van der Waals surface area (Å²) >= 11 is 0. The van der Waals surface area contributed by atoms with Crippen LogP contribution in [0.3, 0.4) is 0 Å². The molecule has 3 heterocycles. The van der Waals surface area contributed by atoms with Crippen LogP contribution in [0.2, 0.25) is 0 Å². The first-order valence-corrected chi connectivity index (χ1v) is 11.4. The monoisotopic (exact) mass is 423 g/mol. The predicted octanol–water partition coefficient (Wildman–Crippen LogP) is 3.06. The van der Waals surface area contributed by atoms with Gasteiger partial charge in [0.1, 0.15) is 4.90 Å². The van der Waals surface area contributed by atoms with Crippen molar-refractivity contribution in [3.05, 3.63) is 17.6 Å². The van der Waals surface area contributed by atoms with Gasteiger partial charge in [0, 0.05) is 19.5 Å². The number of hydrogen-bond donors (Lipinski definition) is 2. The van der Waals surface area contributed by atoms with E-state index in [4.69, 9.17) is 9.88 Å². The number of nitrogens with zero attached hydrogens (tertiary/aromatic N) is 5. The Labute approximate surface area is 171 Å². The number of aryl methyl sites for hydroxylation is 2. The van der Waals surface area contributed by atoms with Gasteiger partial charge >= 0.3 is 6.03 Å². The van der Waals surface area contributed by atoms with E-state index in [1.165, 1.54) is 6.20 Å². The van der Waals surface area contributed by atoms with Gasteiger partial charge in [-0.1, -0.05) is 27.7 Å². The molecule has 3 N–H and O–H groups in total. The number of carbonyl (C=O) groups is 1. The summed E-state index contributed by atoms with van der Waals surface area (Å²) in [5.41, 5.74) is 2.26. The van der Waals surface area contributed by atoms with E-state index < -0.39 is 15.9 Å². The number of nitrogens with two attached hydrogens (primary N) is 1. The molecule has 2 amide bonds. The third-order valence-electron chi connectivity index (χ3n) is 4.69. The first-order chi connectivity index (χ1) is 13.7. The highest BCUT2D eigenvalue weighted by Crippen LogP contribution is 2.33. The maximum Gasteiger partial charge on any atom is 0.354 e. The molecule has 0 radical (unpaired) electrons. The summed E-state index contributed by atoms with van der Waals surface area (Å²) < 4.78 is 25.8. The molecule has 0 fully saturated rings. The second-order valence-electron chi connectivity index (χ2n) is 7.60. The van der Waals surface area contributed by atoms with Crippen molar-refractivity contribution in [1.82, 2.24) is 19.6 Å². The van der Waals surface area contributed by atoms with E-state index in [1.54, 1.807) is 4.68 Å². The molecule has 1 aliphatic heterocycles. The number of urea groups is 1. The normalized spacial score (nSPS) is 15.7. The summed E-state index contributed by atoms with van der Waals surface area (Å²) in [5.74, 6) is 0.530. The molecule has 2 aromatic heterocycles. The van der Waals surface area contributed by atoms with Crippen molar-refractivity contribution >= 4 is 21.6 Å². The Morgan fingerprint density at radius 2 is 2.10 bits per heavy atom. The van der Waals surface area contributed by atoms with Gasteiger partial charge in [-0.15, -0.1) is 4.36 Å². The molecule has 0 saturated carbocycles. The molecule has 3 rings (SSSR count). The van der Waals surface area contributed by atoms with Gasteiger partial charge in [-0.05, 0) is 18.8 Å².